The molecule has 0 radical (unpaired) electrons. The van der Waals surface area contributed by atoms with Crippen LogP contribution in [-0.4, -0.2) is 129 Å². The third-order valence-electron chi connectivity index (χ3n) is 9.54. The van der Waals surface area contributed by atoms with Gasteiger partial charge >= 0.3 is 35.8 Å². The van der Waals surface area contributed by atoms with Gasteiger partial charge in [0, 0.05) is 92.5 Å². The Morgan fingerprint density at radius 1 is 0.629 bits per heavy atom. The van der Waals surface area contributed by atoms with E-state index in [0.717, 1.165) is 46.5 Å². The number of fused-ring (bicyclic) bond motifs is 1. The van der Waals surface area contributed by atoms with Gasteiger partial charge in [-0.1, -0.05) is 30.3 Å². The number of aromatic nitrogens is 3. The summed E-state index contributed by atoms with van der Waals surface area (Å²) in [5, 5.41) is 47.8. The van der Waals surface area contributed by atoms with Crippen molar-refractivity contribution in [1.29, 1.82) is 0 Å². The van der Waals surface area contributed by atoms with Crippen LogP contribution < -0.4 is 10.5 Å². The number of carboxylic acid groups (broad SMARTS) is 6. The van der Waals surface area contributed by atoms with Crippen molar-refractivity contribution < 1.29 is 64.1 Å². The molecule has 0 bridgehead atoms. The lowest BCUT2D eigenvalue weighted by molar-refractivity contribution is -0.134. The molecule has 62 heavy (non-hydrogen) atoms. The molecule has 2 aliphatic rings. The molecule has 0 unspecified atom stereocenters. The molecule has 2 aromatic carbocycles. The fraction of sp³-hybridized carbons (Fsp3) is 0.302. The standard InChI is InChI=1S/C31H38N6O.3C4H4O4/c1-22(2)35-16-18-36(19-17-35)24-10-12-25(13-11-24)37-20-28(29-30(32)33-21-34-31(29)37)23-8-14-27(15-9-23)38-26-6-4-3-5-7-26;3*5-3(6)1-2-4(7)8/h3-9,14-15,20-22,24-25H,10-13,16-19H2,1-2H3,(H2,32,33,34);3*1-2H,(H,5,6)(H,7,8)/b;3*2-1-. The summed E-state index contributed by atoms with van der Waals surface area (Å²) >= 11 is 0. The molecular weight excluding hydrogens is 809 g/mol. The summed E-state index contributed by atoms with van der Waals surface area (Å²) in [7, 11) is 0. The number of hydrogen-bond acceptors (Lipinski definition) is 12. The second kappa shape index (κ2) is 24.6. The van der Waals surface area contributed by atoms with Crippen molar-refractivity contribution in [2.24, 2.45) is 0 Å². The Bertz CT molecular complexity index is 2090. The van der Waals surface area contributed by atoms with Crippen molar-refractivity contribution in [1.82, 2.24) is 24.3 Å². The monoisotopic (exact) mass is 858 g/mol. The van der Waals surface area contributed by atoms with Gasteiger partial charge < -0.3 is 45.7 Å². The highest BCUT2D eigenvalue weighted by Gasteiger charge is 2.30. The van der Waals surface area contributed by atoms with Crippen LogP contribution in [0, 0.1) is 0 Å². The van der Waals surface area contributed by atoms with Crippen LogP contribution >= 0.6 is 0 Å². The molecule has 2 aromatic heterocycles. The summed E-state index contributed by atoms with van der Waals surface area (Å²) in [6, 6.07) is 19.8. The van der Waals surface area contributed by atoms with Gasteiger partial charge in [-0.2, -0.15) is 0 Å². The molecule has 0 atom stereocenters. The molecule has 2 fully saturated rings. The Hall–Kier alpha value is -7.38. The highest BCUT2D eigenvalue weighted by atomic mass is 16.5. The van der Waals surface area contributed by atoms with Gasteiger partial charge in [0.25, 0.3) is 0 Å². The van der Waals surface area contributed by atoms with E-state index in [4.69, 9.17) is 46.1 Å². The molecule has 8 N–H and O–H groups in total. The van der Waals surface area contributed by atoms with E-state index in [2.05, 4.69) is 51.5 Å². The number of nitrogen functional groups attached to an aromatic ring is 1. The number of benzene rings is 2. The maximum atomic E-state index is 9.55. The Morgan fingerprint density at radius 2 is 1.06 bits per heavy atom. The van der Waals surface area contributed by atoms with E-state index in [9.17, 15) is 28.8 Å². The smallest absolute Gasteiger partial charge is 0.328 e. The van der Waals surface area contributed by atoms with Gasteiger partial charge in [0.2, 0.25) is 0 Å². The number of carboxylic acids is 6. The van der Waals surface area contributed by atoms with Gasteiger partial charge in [-0.05, 0) is 69.4 Å². The van der Waals surface area contributed by atoms with E-state index in [1.165, 1.54) is 39.0 Å². The van der Waals surface area contributed by atoms with Gasteiger partial charge in [-0.25, -0.2) is 38.7 Å². The normalized spacial score (nSPS) is 16.7. The molecule has 4 aromatic rings. The van der Waals surface area contributed by atoms with E-state index in [0.29, 0.717) is 60.4 Å². The van der Waals surface area contributed by atoms with E-state index >= 15 is 0 Å². The molecule has 1 aliphatic heterocycles. The molecule has 19 nitrogen and oxygen atoms in total. The number of nitrogens with zero attached hydrogens (tertiary/aromatic N) is 5. The quantitative estimate of drug-likeness (QED) is 0.0910. The Kier molecular flexibility index (Phi) is 19.5. The first-order valence-corrected chi connectivity index (χ1v) is 19.3. The van der Waals surface area contributed by atoms with Crippen LogP contribution in [-0.2, 0) is 28.8 Å². The van der Waals surface area contributed by atoms with E-state index < -0.39 is 35.8 Å². The Morgan fingerprint density at radius 3 is 1.50 bits per heavy atom. The number of carbonyl (C=O) groups is 6. The topological polar surface area (TPSA) is 296 Å². The lowest BCUT2D eigenvalue weighted by atomic mass is 9.89. The molecular formula is C43H50N6O13. The number of anilines is 1. The summed E-state index contributed by atoms with van der Waals surface area (Å²) in [5.41, 5.74) is 9.53. The zero-order valence-corrected chi connectivity index (χ0v) is 34.1. The average molecular weight is 859 g/mol. The summed E-state index contributed by atoms with van der Waals surface area (Å²) in [4.78, 5) is 71.7. The zero-order chi connectivity index (χ0) is 45.8. The SMILES string of the molecule is CC(C)N1CCN(C2CCC(n3cc(-c4ccc(Oc5ccccc5)cc4)c4c(N)ncnc43)CC2)CC1.O=C(O)/C=C\C(=O)O.O=C(O)/C=C\C(=O)O.O=C(O)/C=C\C(=O)O. The van der Waals surface area contributed by atoms with Crippen LogP contribution in [0.3, 0.4) is 0 Å². The summed E-state index contributed by atoms with van der Waals surface area (Å²) in [6.45, 7) is 9.37. The van der Waals surface area contributed by atoms with Crippen molar-refractivity contribution in [2.75, 3.05) is 31.9 Å². The average Bonchev–Trinajstić information content (AvgIpc) is 3.64. The van der Waals surface area contributed by atoms with Crippen LogP contribution in [0.1, 0.15) is 45.6 Å². The highest BCUT2D eigenvalue weighted by Crippen LogP contribution is 2.39. The number of para-hydroxylation sites is 1. The fourth-order valence-electron chi connectivity index (χ4n) is 6.68. The minimum Gasteiger partial charge on any atom is -0.478 e. The maximum Gasteiger partial charge on any atom is 0.328 e. The lowest BCUT2D eigenvalue weighted by Crippen LogP contribution is -2.52. The molecule has 1 saturated heterocycles. The van der Waals surface area contributed by atoms with Gasteiger partial charge in [0.15, 0.2) is 0 Å². The van der Waals surface area contributed by atoms with Crippen LogP contribution in [0.15, 0.2) is 104 Å². The molecule has 3 heterocycles. The third-order valence-corrected chi connectivity index (χ3v) is 9.54. The molecule has 0 amide bonds. The first-order valence-electron chi connectivity index (χ1n) is 19.3. The number of nitrogens with two attached hydrogens (primary N) is 1. The highest BCUT2D eigenvalue weighted by molar-refractivity contribution is 6.00. The van der Waals surface area contributed by atoms with Gasteiger partial charge in [0.05, 0.1) is 5.39 Å². The number of ether oxygens (including phenoxy) is 1. The summed E-state index contributed by atoms with van der Waals surface area (Å²) in [5.74, 6) is -5.38. The predicted molar refractivity (Wildman–Crippen MR) is 227 cm³/mol. The molecule has 330 valence electrons. The first kappa shape index (κ1) is 49.0. The largest absolute Gasteiger partial charge is 0.478 e. The number of rotatable bonds is 12. The lowest BCUT2D eigenvalue weighted by Gasteiger charge is -2.43. The van der Waals surface area contributed by atoms with E-state index in [-0.39, 0.29) is 0 Å². The second-order valence-corrected chi connectivity index (χ2v) is 14.0. The van der Waals surface area contributed by atoms with Crippen molar-refractivity contribution in [3.05, 3.63) is 104 Å². The minimum atomic E-state index is -1.26. The van der Waals surface area contributed by atoms with Crippen LogP contribution in [0.25, 0.3) is 22.2 Å². The third kappa shape index (κ3) is 16.7. The fourth-order valence-corrected chi connectivity index (χ4v) is 6.68. The van der Waals surface area contributed by atoms with Crippen LogP contribution in [0.5, 0.6) is 11.5 Å². The first-order chi connectivity index (χ1) is 29.4. The van der Waals surface area contributed by atoms with Crippen molar-refractivity contribution in [3.8, 4) is 22.6 Å². The van der Waals surface area contributed by atoms with Gasteiger partial charge in [0.1, 0.15) is 29.3 Å². The Labute approximate surface area is 356 Å². The molecule has 6 rings (SSSR count). The van der Waals surface area contributed by atoms with Gasteiger partial charge in [-0.3, -0.25) is 9.80 Å². The summed E-state index contributed by atoms with van der Waals surface area (Å²) in [6.07, 6.45) is 12.0. The molecule has 19 heteroatoms. The molecule has 1 aliphatic carbocycles. The van der Waals surface area contributed by atoms with Crippen LogP contribution in [0.4, 0.5) is 5.82 Å². The van der Waals surface area contributed by atoms with Gasteiger partial charge in [-0.15, -0.1) is 0 Å². The van der Waals surface area contributed by atoms with Crippen molar-refractivity contribution >= 4 is 52.7 Å². The summed E-state index contributed by atoms with van der Waals surface area (Å²) < 4.78 is 8.36. The Balaban J connectivity index is 0.000000349. The van der Waals surface area contributed by atoms with Crippen molar-refractivity contribution in [2.45, 2.75) is 57.7 Å². The second-order valence-electron chi connectivity index (χ2n) is 14.0. The van der Waals surface area contributed by atoms with Crippen molar-refractivity contribution in [3.63, 3.8) is 0 Å². The van der Waals surface area contributed by atoms with E-state index in [1.54, 1.807) is 6.33 Å². The number of piperazine rings is 1. The minimum absolute atomic E-state index is 0.425. The zero-order valence-electron chi connectivity index (χ0n) is 34.1. The maximum absolute atomic E-state index is 9.55. The molecule has 1 saturated carbocycles. The number of hydrogen-bond donors (Lipinski definition) is 7. The van der Waals surface area contributed by atoms with E-state index in [1.807, 2.05) is 42.5 Å². The predicted octanol–water partition coefficient (Wildman–Crippen LogP) is 5.12. The number of aliphatic carboxylic acids is 6. The molecule has 0 spiro atoms. The van der Waals surface area contributed by atoms with Crippen LogP contribution in [0.2, 0.25) is 0 Å².